The van der Waals surface area contributed by atoms with Crippen molar-refractivity contribution in [3.63, 3.8) is 0 Å². The SMILES string of the molecule is C[NH+](CC(=O)Nc1ccc(C#N)cc1)Cc1ccc(Cl)cc1Cl. The van der Waals surface area contributed by atoms with Gasteiger partial charge in [0.2, 0.25) is 0 Å². The quantitative estimate of drug-likeness (QED) is 0.872. The normalized spacial score (nSPS) is 11.6. The first kappa shape index (κ1) is 17.3. The van der Waals surface area contributed by atoms with Crippen LogP contribution in [0.3, 0.4) is 0 Å². The number of nitrogens with zero attached hydrogens (tertiary/aromatic N) is 1. The molecule has 0 aliphatic rings. The van der Waals surface area contributed by atoms with Gasteiger partial charge in [-0.1, -0.05) is 29.3 Å². The smallest absolute Gasteiger partial charge is 0.279 e. The van der Waals surface area contributed by atoms with Crippen molar-refractivity contribution in [1.82, 2.24) is 0 Å². The average molecular weight is 349 g/mol. The number of amides is 1. The van der Waals surface area contributed by atoms with Crippen molar-refractivity contribution in [1.29, 1.82) is 5.26 Å². The Morgan fingerprint density at radius 2 is 1.91 bits per heavy atom. The van der Waals surface area contributed by atoms with Crippen molar-refractivity contribution in [2.75, 3.05) is 18.9 Å². The second kappa shape index (κ2) is 7.98. The highest BCUT2D eigenvalue weighted by atomic mass is 35.5. The molecule has 2 aromatic carbocycles. The number of quaternary nitrogens is 1. The van der Waals surface area contributed by atoms with Gasteiger partial charge in [0.15, 0.2) is 6.54 Å². The lowest BCUT2D eigenvalue weighted by molar-refractivity contribution is -0.885. The maximum absolute atomic E-state index is 12.1. The summed E-state index contributed by atoms with van der Waals surface area (Å²) in [7, 11) is 1.92. The number of nitrogens with one attached hydrogen (secondary N) is 2. The Kier molecular flexibility index (Phi) is 6.00. The van der Waals surface area contributed by atoms with Crippen LogP contribution >= 0.6 is 23.2 Å². The van der Waals surface area contributed by atoms with Crippen LogP contribution in [0.15, 0.2) is 42.5 Å². The molecule has 0 aliphatic carbocycles. The Morgan fingerprint density at radius 1 is 1.22 bits per heavy atom. The van der Waals surface area contributed by atoms with Gasteiger partial charge in [0.25, 0.3) is 5.91 Å². The van der Waals surface area contributed by atoms with E-state index in [0.29, 0.717) is 34.4 Å². The lowest BCUT2D eigenvalue weighted by atomic mass is 10.2. The minimum atomic E-state index is -0.0997. The van der Waals surface area contributed by atoms with Crippen molar-refractivity contribution in [2.45, 2.75) is 6.54 Å². The highest BCUT2D eigenvalue weighted by molar-refractivity contribution is 6.35. The molecule has 6 heteroatoms. The van der Waals surface area contributed by atoms with E-state index in [-0.39, 0.29) is 5.91 Å². The van der Waals surface area contributed by atoms with Gasteiger partial charge in [0.05, 0.1) is 23.7 Å². The fourth-order valence-corrected chi connectivity index (χ4v) is 2.64. The molecule has 2 rings (SSSR count). The minimum absolute atomic E-state index is 0.0997. The molecule has 23 heavy (non-hydrogen) atoms. The predicted octanol–water partition coefficient (Wildman–Crippen LogP) is 2.52. The predicted molar refractivity (Wildman–Crippen MR) is 91.7 cm³/mol. The zero-order valence-electron chi connectivity index (χ0n) is 12.6. The molecular formula is C17H16Cl2N3O+. The van der Waals surface area contributed by atoms with E-state index < -0.39 is 0 Å². The standard InChI is InChI=1S/C17H15Cl2N3O/c1-22(10-13-4-5-14(18)8-16(13)19)11-17(23)21-15-6-2-12(9-20)3-7-15/h2-8H,10-11H2,1H3,(H,21,23)/p+1. The van der Waals surface area contributed by atoms with Crippen molar-refractivity contribution in [3.05, 3.63) is 63.6 Å². The molecule has 0 radical (unpaired) electrons. The maximum Gasteiger partial charge on any atom is 0.279 e. The maximum atomic E-state index is 12.1. The van der Waals surface area contributed by atoms with Crippen molar-refractivity contribution >= 4 is 34.8 Å². The van der Waals surface area contributed by atoms with Crippen LogP contribution in [0.5, 0.6) is 0 Å². The molecule has 1 atom stereocenters. The van der Waals surface area contributed by atoms with Gasteiger partial charge in [-0.25, -0.2) is 0 Å². The number of hydrogen-bond donors (Lipinski definition) is 2. The molecule has 118 valence electrons. The Hall–Kier alpha value is -2.06. The van der Waals surface area contributed by atoms with E-state index in [2.05, 4.69) is 5.32 Å². The van der Waals surface area contributed by atoms with Crippen LogP contribution < -0.4 is 10.2 Å². The number of benzene rings is 2. The van der Waals surface area contributed by atoms with Crippen molar-refractivity contribution < 1.29 is 9.69 Å². The van der Waals surface area contributed by atoms with Gasteiger partial charge in [0, 0.05) is 16.3 Å². The number of nitriles is 1. The molecular weight excluding hydrogens is 333 g/mol. The van der Waals surface area contributed by atoms with Crippen molar-refractivity contribution in [3.8, 4) is 6.07 Å². The van der Waals surface area contributed by atoms with E-state index >= 15 is 0 Å². The number of hydrogen-bond acceptors (Lipinski definition) is 2. The number of carbonyl (C=O) groups excluding carboxylic acids is 1. The summed E-state index contributed by atoms with van der Waals surface area (Å²) in [6, 6.07) is 14.1. The van der Waals surface area contributed by atoms with E-state index in [0.717, 1.165) is 10.5 Å². The summed E-state index contributed by atoms with van der Waals surface area (Å²) in [6.45, 7) is 0.926. The second-order valence-electron chi connectivity index (χ2n) is 5.28. The van der Waals surface area contributed by atoms with E-state index in [9.17, 15) is 4.79 Å². The van der Waals surface area contributed by atoms with Crippen LogP contribution in [0.2, 0.25) is 10.0 Å². The van der Waals surface area contributed by atoms with Gasteiger partial charge in [-0.2, -0.15) is 5.26 Å². The molecule has 0 spiro atoms. The highest BCUT2D eigenvalue weighted by Crippen LogP contribution is 2.20. The van der Waals surface area contributed by atoms with Gasteiger partial charge in [-0.15, -0.1) is 0 Å². The highest BCUT2D eigenvalue weighted by Gasteiger charge is 2.13. The van der Waals surface area contributed by atoms with Crippen molar-refractivity contribution in [2.24, 2.45) is 0 Å². The number of carbonyl (C=O) groups is 1. The Bertz CT molecular complexity index is 738. The lowest BCUT2D eigenvalue weighted by Crippen LogP contribution is -3.08. The molecule has 0 heterocycles. The number of anilines is 1. The van der Waals surface area contributed by atoms with Crippen LogP contribution in [0, 0.1) is 11.3 Å². The summed E-state index contributed by atoms with van der Waals surface area (Å²) in [5, 5.41) is 12.8. The third kappa shape index (κ3) is 5.26. The number of likely N-dealkylation sites (N-methyl/N-ethyl adjacent to an activating group) is 1. The molecule has 1 unspecified atom stereocenters. The minimum Gasteiger partial charge on any atom is -0.326 e. The zero-order chi connectivity index (χ0) is 16.8. The summed E-state index contributed by atoms with van der Waals surface area (Å²) in [4.78, 5) is 13.1. The summed E-state index contributed by atoms with van der Waals surface area (Å²) in [6.07, 6.45) is 0. The second-order valence-corrected chi connectivity index (χ2v) is 6.13. The van der Waals surface area contributed by atoms with E-state index in [1.807, 2.05) is 19.2 Å². The van der Waals surface area contributed by atoms with E-state index in [1.54, 1.807) is 36.4 Å². The van der Waals surface area contributed by atoms with Gasteiger partial charge >= 0.3 is 0 Å². The van der Waals surface area contributed by atoms with Gasteiger partial charge < -0.3 is 10.2 Å². The zero-order valence-corrected chi connectivity index (χ0v) is 14.1. The van der Waals surface area contributed by atoms with Crippen LogP contribution in [0.4, 0.5) is 5.69 Å². The molecule has 0 bridgehead atoms. The molecule has 0 saturated heterocycles. The Labute approximate surface area is 145 Å². The Balaban J connectivity index is 1.90. The van der Waals surface area contributed by atoms with Crippen LogP contribution in [0.25, 0.3) is 0 Å². The molecule has 2 N–H and O–H groups in total. The average Bonchev–Trinajstić information content (AvgIpc) is 2.50. The largest absolute Gasteiger partial charge is 0.326 e. The number of rotatable bonds is 5. The van der Waals surface area contributed by atoms with Crippen LogP contribution in [-0.2, 0) is 11.3 Å². The first-order chi connectivity index (χ1) is 11.0. The van der Waals surface area contributed by atoms with Gasteiger partial charge in [-0.3, -0.25) is 4.79 Å². The van der Waals surface area contributed by atoms with Crippen LogP contribution in [0.1, 0.15) is 11.1 Å². The summed E-state index contributed by atoms with van der Waals surface area (Å²) in [5.41, 5.74) is 2.18. The third-order valence-corrected chi connectivity index (χ3v) is 3.85. The summed E-state index contributed by atoms with van der Waals surface area (Å²) >= 11 is 12.0. The summed E-state index contributed by atoms with van der Waals surface area (Å²) < 4.78 is 0. The third-order valence-electron chi connectivity index (χ3n) is 3.27. The topological polar surface area (TPSA) is 57.3 Å². The van der Waals surface area contributed by atoms with E-state index in [4.69, 9.17) is 28.5 Å². The fraction of sp³-hybridized carbons (Fsp3) is 0.176. The number of halogens is 2. The molecule has 2 aromatic rings. The molecule has 4 nitrogen and oxygen atoms in total. The molecule has 0 fully saturated rings. The Morgan fingerprint density at radius 3 is 2.52 bits per heavy atom. The first-order valence-electron chi connectivity index (χ1n) is 7.03. The van der Waals surface area contributed by atoms with Crippen LogP contribution in [-0.4, -0.2) is 19.5 Å². The van der Waals surface area contributed by atoms with Gasteiger partial charge in [-0.05, 0) is 36.4 Å². The lowest BCUT2D eigenvalue weighted by Gasteiger charge is -2.15. The fourth-order valence-electron chi connectivity index (χ4n) is 2.16. The molecule has 0 aromatic heterocycles. The first-order valence-corrected chi connectivity index (χ1v) is 7.79. The van der Waals surface area contributed by atoms with E-state index in [1.165, 1.54) is 0 Å². The monoisotopic (exact) mass is 348 g/mol. The molecule has 0 saturated carbocycles. The molecule has 0 aliphatic heterocycles. The summed E-state index contributed by atoms with van der Waals surface area (Å²) in [5.74, 6) is -0.0997. The van der Waals surface area contributed by atoms with Gasteiger partial charge in [0.1, 0.15) is 6.54 Å². The molecule has 1 amide bonds.